The van der Waals surface area contributed by atoms with Crippen LogP contribution in [-0.4, -0.2) is 193 Å². The van der Waals surface area contributed by atoms with E-state index >= 15 is 0 Å². The van der Waals surface area contributed by atoms with Crippen molar-refractivity contribution in [2.24, 2.45) is 23.7 Å². The number of cyclic esters (lactones) is 1. The van der Waals surface area contributed by atoms with E-state index in [1.54, 1.807) is 6.92 Å². The van der Waals surface area contributed by atoms with Crippen molar-refractivity contribution in [3.05, 3.63) is 23.8 Å². The summed E-state index contributed by atoms with van der Waals surface area (Å²) in [5.41, 5.74) is 1.13. The molecule has 13 atom stereocenters. The van der Waals surface area contributed by atoms with Crippen LogP contribution in [0, 0.1) is 23.7 Å². The van der Waals surface area contributed by atoms with Crippen LogP contribution in [0.25, 0.3) is 0 Å². The van der Waals surface area contributed by atoms with Gasteiger partial charge in [-0.1, -0.05) is 31.4 Å². The molecule has 6 aliphatic rings. The van der Waals surface area contributed by atoms with E-state index in [1.165, 1.54) is 57.8 Å². The molecule has 384 valence electrons. The number of carbonyl (C=O) groups excluding carboxylic acids is 2. The highest BCUT2D eigenvalue weighted by molar-refractivity contribution is 5.92. The summed E-state index contributed by atoms with van der Waals surface area (Å²) in [6, 6.07) is 0.224. The van der Waals surface area contributed by atoms with Gasteiger partial charge in [-0.3, -0.25) is 9.59 Å². The van der Waals surface area contributed by atoms with Crippen molar-refractivity contribution in [3.63, 3.8) is 0 Å². The largest absolute Gasteiger partial charge is 0.465 e. The fourth-order valence-electron chi connectivity index (χ4n) is 12.6. The van der Waals surface area contributed by atoms with E-state index in [0.717, 1.165) is 90.2 Å². The molecule has 13 nitrogen and oxygen atoms in total. The summed E-state index contributed by atoms with van der Waals surface area (Å²) in [6.07, 6.45) is 19.3. The summed E-state index contributed by atoms with van der Waals surface area (Å²) in [7, 11) is 3.68. The van der Waals surface area contributed by atoms with Crippen LogP contribution in [-0.2, 0) is 23.8 Å². The van der Waals surface area contributed by atoms with E-state index in [-0.39, 0.29) is 67.1 Å². The molecular formula is C54H95N5O8. The van der Waals surface area contributed by atoms with Crippen LogP contribution in [0.4, 0.5) is 0 Å². The Hall–Kier alpha value is -1.78. The van der Waals surface area contributed by atoms with Crippen molar-refractivity contribution in [1.82, 2.24) is 24.5 Å². The Morgan fingerprint density at radius 3 is 1.90 bits per heavy atom. The first-order valence-corrected chi connectivity index (χ1v) is 27.3. The molecule has 0 saturated carbocycles. The fraction of sp³-hybridized carbons (Fsp3) is 0.889. The van der Waals surface area contributed by atoms with Gasteiger partial charge in [-0.05, 0) is 208 Å². The van der Waals surface area contributed by atoms with Crippen LogP contribution >= 0.6 is 0 Å². The number of hydrogen-bond acceptors (Lipinski definition) is 13. The van der Waals surface area contributed by atoms with Crippen LogP contribution in [0.2, 0.25) is 0 Å². The maximum atomic E-state index is 14.9. The number of rotatable bonds is 16. The maximum absolute atomic E-state index is 14.9. The van der Waals surface area contributed by atoms with Crippen molar-refractivity contribution >= 4 is 11.8 Å². The third-order valence-corrected chi connectivity index (χ3v) is 16.8. The van der Waals surface area contributed by atoms with Crippen molar-refractivity contribution in [2.45, 2.75) is 198 Å². The molecule has 6 heterocycles. The molecular weight excluding hydrogens is 847 g/mol. The zero-order valence-electron chi connectivity index (χ0n) is 42.9. The molecule has 0 amide bonds. The Morgan fingerprint density at radius 2 is 1.30 bits per heavy atom. The summed E-state index contributed by atoms with van der Waals surface area (Å²) < 4.78 is 18.7. The molecule has 0 aromatic carbocycles. The molecule has 6 rings (SSSR count). The molecule has 0 aromatic heterocycles. The van der Waals surface area contributed by atoms with Crippen LogP contribution < -0.4 is 0 Å². The first-order valence-electron chi connectivity index (χ1n) is 27.3. The second kappa shape index (κ2) is 27.7. The van der Waals surface area contributed by atoms with Crippen LogP contribution in [0.3, 0.4) is 0 Å². The molecule has 5 fully saturated rings. The molecule has 67 heavy (non-hydrogen) atoms. The Kier molecular flexibility index (Phi) is 22.6. The molecule has 0 aromatic rings. The molecule has 13 heteroatoms. The summed E-state index contributed by atoms with van der Waals surface area (Å²) in [5.74, 6) is -0.803. The number of ether oxygens (including phenoxy) is 3. The monoisotopic (exact) mass is 942 g/mol. The number of likely N-dealkylation sites (N-methyl/N-ethyl adjacent to an activating group) is 1. The minimum Gasteiger partial charge on any atom is -0.465 e. The van der Waals surface area contributed by atoms with E-state index in [9.17, 15) is 24.9 Å². The molecule has 3 unspecified atom stereocenters. The summed E-state index contributed by atoms with van der Waals surface area (Å²) >= 11 is 0. The SMILES string of the molecule is CC(CC1=C[C@H](CN2CCCC2)COC(=O)C[C@@H](O)[C@@H](CC(C)N2CCCCC2)[C@H](CCO[C@@H]2O[C@H](C)[C@@H](O)[C@H](N(C)C)[C@H]2O)CC[C@H](CC(C)N2CCCCC2)C(=O)C=C1)N1CCCCC1. The lowest BCUT2D eigenvalue weighted by Crippen LogP contribution is -2.62. The van der Waals surface area contributed by atoms with Gasteiger partial charge in [0, 0.05) is 36.5 Å². The number of piperidine rings is 3. The second-order valence-corrected chi connectivity index (χ2v) is 22.2. The van der Waals surface area contributed by atoms with E-state index in [1.807, 2.05) is 25.1 Å². The van der Waals surface area contributed by atoms with Crippen LogP contribution in [0.5, 0.6) is 0 Å². The molecule has 3 N–H and O–H groups in total. The number of likely N-dealkylation sites (tertiary alicyclic amines) is 4. The number of carbonyl (C=O) groups is 2. The van der Waals surface area contributed by atoms with Crippen molar-refractivity contribution in [3.8, 4) is 0 Å². The number of ketones is 1. The lowest BCUT2D eigenvalue weighted by atomic mass is 9.75. The number of esters is 1. The maximum Gasteiger partial charge on any atom is 0.308 e. The number of nitrogens with zero attached hydrogens (tertiary/aromatic N) is 5. The Morgan fingerprint density at radius 1 is 0.731 bits per heavy atom. The average molecular weight is 942 g/mol. The lowest BCUT2D eigenvalue weighted by molar-refractivity contribution is -0.281. The van der Waals surface area contributed by atoms with Gasteiger partial charge < -0.3 is 54.0 Å². The molecule has 0 aliphatic carbocycles. The van der Waals surface area contributed by atoms with E-state index < -0.39 is 36.7 Å². The summed E-state index contributed by atoms with van der Waals surface area (Å²) in [5, 5.41) is 34.7. The highest BCUT2D eigenvalue weighted by Crippen LogP contribution is 2.36. The smallest absolute Gasteiger partial charge is 0.308 e. The van der Waals surface area contributed by atoms with Gasteiger partial charge in [-0.25, -0.2) is 0 Å². The first-order chi connectivity index (χ1) is 32.3. The van der Waals surface area contributed by atoms with Gasteiger partial charge in [0.05, 0.1) is 44.0 Å². The van der Waals surface area contributed by atoms with E-state index in [4.69, 9.17) is 14.2 Å². The molecule has 0 bridgehead atoms. The second-order valence-electron chi connectivity index (χ2n) is 22.2. The standard InChI is InChI=1S/C54H95N5O8/c1-39(57-25-10-7-11-26-57)32-43-18-21-48(60)46(33-40(2)58-27-12-8-13-28-58)20-19-45(22-31-65-54-53(64)51(55(5)6)52(63)42(4)67-54)47(34-41(3)59-29-14-9-15-30-59)49(61)36-50(62)66-38-44(35-43)37-56-23-16-17-24-56/h18,21,35,39-42,44-47,49,51-54,61,63-64H,7-17,19-20,22-34,36-38H2,1-6H3/t39?,40?,41?,42-,44-,45+,46-,47+,49-,51+,52-,53-,54-/m1/s1. The van der Waals surface area contributed by atoms with Crippen LogP contribution in [0.1, 0.15) is 143 Å². The van der Waals surface area contributed by atoms with Crippen LogP contribution in [0.15, 0.2) is 23.8 Å². The van der Waals surface area contributed by atoms with Gasteiger partial charge in [0.25, 0.3) is 0 Å². The number of allylic oxidation sites excluding steroid dienone is 2. The van der Waals surface area contributed by atoms with Gasteiger partial charge in [0.15, 0.2) is 12.1 Å². The third-order valence-electron chi connectivity index (χ3n) is 16.8. The zero-order chi connectivity index (χ0) is 47.9. The Bertz CT molecular complexity index is 1520. The topological polar surface area (TPSA) is 139 Å². The quantitative estimate of drug-likeness (QED) is 0.150. The fourth-order valence-corrected chi connectivity index (χ4v) is 12.6. The van der Waals surface area contributed by atoms with Crippen molar-refractivity contribution < 1.29 is 39.1 Å². The lowest BCUT2D eigenvalue weighted by Gasteiger charge is -2.44. The summed E-state index contributed by atoms with van der Waals surface area (Å²) in [4.78, 5) is 41.0. The Balaban J connectivity index is 1.32. The molecule has 0 spiro atoms. The van der Waals surface area contributed by atoms with Crippen molar-refractivity contribution in [1.29, 1.82) is 0 Å². The molecule has 5 saturated heterocycles. The predicted octanol–water partition coefficient (Wildman–Crippen LogP) is 6.28. The van der Waals surface area contributed by atoms with Gasteiger partial charge in [-0.2, -0.15) is 0 Å². The predicted molar refractivity (Wildman–Crippen MR) is 266 cm³/mol. The van der Waals surface area contributed by atoms with Crippen molar-refractivity contribution in [2.75, 3.05) is 86.2 Å². The van der Waals surface area contributed by atoms with Gasteiger partial charge >= 0.3 is 5.97 Å². The summed E-state index contributed by atoms with van der Waals surface area (Å²) in [6.45, 7) is 18.4. The number of aliphatic hydroxyl groups excluding tert-OH is 3. The zero-order valence-corrected chi connectivity index (χ0v) is 42.9. The molecule has 0 radical (unpaired) electrons. The first kappa shape index (κ1) is 54.6. The average Bonchev–Trinajstić information content (AvgIpc) is 3.84. The number of hydrogen-bond donors (Lipinski definition) is 3. The minimum atomic E-state index is -1.06. The minimum absolute atomic E-state index is 0.0431. The third kappa shape index (κ3) is 16.6. The van der Waals surface area contributed by atoms with E-state index in [2.05, 4.69) is 52.5 Å². The molecule has 6 aliphatic heterocycles. The van der Waals surface area contributed by atoms with Gasteiger partial charge in [-0.15, -0.1) is 0 Å². The van der Waals surface area contributed by atoms with Gasteiger partial charge in [0.2, 0.25) is 0 Å². The van der Waals surface area contributed by atoms with E-state index in [0.29, 0.717) is 31.7 Å². The Labute approximate surface area is 406 Å². The number of aliphatic hydroxyl groups is 3. The van der Waals surface area contributed by atoms with Gasteiger partial charge in [0.1, 0.15) is 6.10 Å². The highest BCUT2D eigenvalue weighted by Gasteiger charge is 2.45. The highest BCUT2D eigenvalue weighted by atomic mass is 16.7. The normalized spacial score (nSPS) is 35.0.